The van der Waals surface area contributed by atoms with Gasteiger partial charge in [0.1, 0.15) is 5.60 Å². The van der Waals surface area contributed by atoms with Gasteiger partial charge in [-0.3, -0.25) is 4.79 Å². The minimum Gasteiger partial charge on any atom is -0.386 e. The van der Waals surface area contributed by atoms with Gasteiger partial charge in [-0.2, -0.15) is 0 Å². The number of rotatable bonds is 4. The molecule has 0 radical (unpaired) electrons. The first kappa shape index (κ1) is 14.4. The second-order valence-electron chi connectivity index (χ2n) is 5.56. The number of aliphatic hydroxyl groups is 1. The maximum atomic E-state index is 12.0. The van der Waals surface area contributed by atoms with Crippen molar-refractivity contribution < 1.29 is 9.90 Å². The van der Waals surface area contributed by atoms with Crippen LogP contribution in [0.5, 0.6) is 0 Å². The number of carbonyl (C=O) groups excluding carboxylic acids is 1. The van der Waals surface area contributed by atoms with Crippen LogP contribution in [0.2, 0.25) is 0 Å². The summed E-state index contributed by atoms with van der Waals surface area (Å²) in [6.45, 7) is 6.97. The van der Waals surface area contributed by atoms with Crippen molar-refractivity contribution in [2.75, 3.05) is 18.8 Å². The largest absolute Gasteiger partial charge is 0.386 e. The van der Waals surface area contributed by atoms with Crippen molar-refractivity contribution in [2.24, 2.45) is 5.92 Å². The fourth-order valence-electron chi connectivity index (χ4n) is 2.11. The summed E-state index contributed by atoms with van der Waals surface area (Å²) in [5.74, 6) is 0.748. The molecule has 1 aromatic rings. The zero-order chi connectivity index (χ0) is 14.0. The molecule has 1 aliphatic rings. The smallest absolute Gasteiger partial charge is 0.233 e. The predicted octanol–water partition coefficient (Wildman–Crippen LogP) is 2.32. The molecule has 1 amide bonds. The number of nitrogens with zero attached hydrogens (tertiary/aromatic N) is 1. The maximum Gasteiger partial charge on any atom is 0.233 e. The second-order valence-corrected chi connectivity index (χ2v) is 6.58. The highest BCUT2D eigenvalue weighted by atomic mass is 32.2. The van der Waals surface area contributed by atoms with E-state index in [0.29, 0.717) is 18.8 Å². The van der Waals surface area contributed by atoms with E-state index in [0.717, 1.165) is 4.90 Å². The van der Waals surface area contributed by atoms with Gasteiger partial charge in [0.25, 0.3) is 0 Å². The van der Waals surface area contributed by atoms with Gasteiger partial charge in [0.05, 0.1) is 18.8 Å². The van der Waals surface area contributed by atoms with E-state index in [1.807, 2.05) is 45.0 Å². The molecule has 4 heteroatoms. The van der Waals surface area contributed by atoms with Crippen LogP contribution in [0.3, 0.4) is 0 Å². The molecular weight excluding hydrogens is 258 g/mol. The molecule has 19 heavy (non-hydrogen) atoms. The Bertz CT molecular complexity index is 467. The summed E-state index contributed by atoms with van der Waals surface area (Å²) in [4.78, 5) is 14.9. The third-order valence-electron chi connectivity index (χ3n) is 3.80. The van der Waals surface area contributed by atoms with Crippen LogP contribution in [0.25, 0.3) is 0 Å². The van der Waals surface area contributed by atoms with Gasteiger partial charge in [-0.25, -0.2) is 0 Å². The Balaban J connectivity index is 1.83. The van der Waals surface area contributed by atoms with Gasteiger partial charge in [0.2, 0.25) is 5.91 Å². The number of amides is 1. The fraction of sp³-hybridized carbons (Fsp3) is 0.533. The lowest BCUT2D eigenvalue weighted by molar-refractivity contribution is -0.161. The van der Waals surface area contributed by atoms with Crippen molar-refractivity contribution in [3.63, 3.8) is 0 Å². The first-order valence-electron chi connectivity index (χ1n) is 6.61. The number of hydrogen-bond donors (Lipinski definition) is 1. The van der Waals surface area contributed by atoms with Gasteiger partial charge >= 0.3 is 0 Å². The fourth-order valence-corrected chi connectivity index (χ4v) is 3.04. The summed E-state index contributed by atoms with van der Waals surface area (Å²) in [5, 5.41) is 10.1. The number of likely N-dealkylation sites (tertiary alicyclic amines) is 1. The van der Waals surface area contributed by atoms with Gasteiger partial charge in [0, 0.05) is 4.90 Å². The minimum atomic E-state index is -0.678. The first-order chi connectivity index (χ1) is 8.92. The van der Waals surface area contributed by atoms with Gasteiger partial charge in [-0.15, -0.1) is 11.8 Å². The molecule has 104 valence electrons. The number of carbonyl (C=O) groups is 1. The number of benzene rings is 1. The molecule has 1 fully saturated rings. The highest BCUT2D eigenvalue weighted by molar-refractivity contribution is 8.00. The Morgan fingerprint density at radius 1 is 1.42 bits per heavy atom. The van der Waals surface area contributed by atoms with Crippen molar-refractivity contribution in [2.45, 2.75) is 31.3 Å². The Kier molecular flexibility index (Phi) is 4.21. The third-order valence-corrected chi connectivity index (χ3v) is 4.96. The van der Waals surface area contributed by atoms with Crippen LogP contribution in [-0.2, 0) is 4.79 Å². The van der Waals surface area contributed by atoms with Crippen LogP contribution in [0.4, 0.5) is 0 Å². The van der Waals surface area contributed by atoms with E-state index in [1.165, 1.54) is 5.56 Å². The van der Waals surface area contributed by atoms with Crippen molar-refractivity contribution in [3.05, 3.63) is 29.8 Å². The van der Waals surface area contributed by atoms with Gasteiger partial charge in [0.15, 0.2) is 0 Å². The molecule has 0 spiro atoms. The molecule has 0 unspecified atom stereocenters. The summed E-state index contributed by atoms with van der Waals surface area (Å²) in [7, 11) is 0. The number of thioether (sulfide) groups is 1. The average molecular weight is 279 g/mol. The summed E-state index contributed by atoms with van der Waals surface area (Å²) >= 11 is 1.57. The predicted molar refractivity (Wildman–Crippen MR) is 78.3 cm³/mol. The van der Waals surface area contributed by atoms with Gasteiger partial charge in [-0.1, -0.05) is 32.0 Å². The molecule has 0 atom stereocenters. The van der Waals surface area contributed by atoms with Gasteiger partial charge in [-0.05, 0) is 24.5 Å². The Labute approximate surface area is 119 Å². The number of hydrogen-bond acceptors (Lipinski definition) is 3. The molecule has 1 N–H and O–H groups in total. The van der Waals surface area contributed by atoms with Crippen LogP contribution in [0, 0.1) is 12.8 Å². The molecule has 0 saturated carbocycles. The molecule has 1 aromatic carbocycles. The molecule has 1 aliphatic heterocycles. The summed E-state index contributed by atoms with van der Waals surface area (Å²) in [6.07, 6.45) is 0. The molecule has 0 aromatic heterocycles. The highest BCUT2D eigenvalue weighted by Gasteiger charge is 2.45. The van der Waals surface area contributed by atoms with Crippen molar-refractivity contribution in [1.82, 2.24) is 4.90 Å². The summed E-state index contributed by atoms with van der Waals surface area (Å²) in [6, 6.07) is 8.07. The van der Waals surface area contributed by atoms with Crippen LogP contribution >= 0.6 is 11.8 Å². The van der Waals surface area contributed by atoms with Crippen molar-refractivity contribution in [3.8, 4) is 0 Å². The van der Waals surface area contributed by atoms with Crippen LogP contribution in [0.1, 0.15) is 19.4 Å². The highest BCUT2D eigenvalue weighted by Crippen LogP contribution is 2.30. The number of β-amino-alcohol motifs (C(OH)–C–C–N with tert-alkyl or cyclic N) is 1. The van der Waals surface area contributed by atoms with Crippen LogP contribution in [0.15, 0.2) is 29.2 Å². The average Bonchev–Trinajstić information content (AvgIpc) is 2.33. The molecule has 2 rings (SSSR count). The minimum absolute atomic E-state index is 0.110. The van der Waals surface area contributed by atoms with Crippen molar-refractivity contribution >= 4 is 17.7 Å². The lowest BCUT2D eigenvalue weighted by Gasteiger charge is -2.49. The molecule has 0 bridgehead atoms. The van der Waals surface area contributed by atoms with Gasteiger partial charge < -0.3 is 10.0 Å². The van der Waals surface area contributed by atoms with E-state index < -0.39 is 5.60 Å². The van der Waals surface area contributed by atoms with E-state index in [4.69, 9.17) is 0 Å². The Hall–Kier alpha value is -1.00. The third kappa shape index (κ3) is 3.12. The lowest BCUT2D eigenvalue weighted by Crippen LogP contribution is -2.66. The van der Waals surface area contributed by atoms with Crippen molar-refractivity contribution in [1.29, 1.82) is 0 Å². The zero-order valence-corrected chi connectivity index (χ0v) is 12.5. The normalized spacial score (nSPS) is 17.4. The quantitative estimate of drug-likeness (QED) is 0.860. The van der Waals surface area contributed by atoms with E-state index in [2.05, 4.69) is 0 Å². The zero-order valence-electron chi connectivity index (χ0n) is 11.7. The number of aryl methyl sites for hydroxylation is 1. The SMILES string of the molecule is Cc1ccccc1SCC(=O)N1CC(O)(C(C)C)C1. The monoisotopic (exact) mass is 279 g/mol. The molecule has 3 nitrogen and oxygen atoms in total. The Morgan fingerprint density at radius 2 is 2.05 bits per heavy atom. The molecular formula is C15H21NO2S. The second kappa shape index (κ2) is 5.55. The van der Waals surface area contributed by atoms with Crippen LogP contribution < -0.4 is 0 Å². The van der Waals surface area contributed by atoms with Crippen LogP contribution in [-0.4, -0.2) is 40.4 Å². The summed E-state index contributed by atoms with van der Waals surface area (Å²) < 4.78 is 0. The van der Waals surface area contributed by atoms with E-state index in [1.54, 1.807) is 16.7 Å². The van der Waals surface area contributed by atoms with E-state index >= 15 is 0 Å². The first-order valence-corrected chi connectivity index (χ1v) is 7.59. The lowest BCUT2D eigenvalue weighted by atomic mass is 9.83. The maximum absolute atomic E-state index is 12.0. The standard InChI is InChI=1S/C15H21NO2S/c1-11(2)15(18)9-16(10-15)14(17)8-19-13-7-5-4-6-12(13)3/h4-7,11,18H,8-10H2,1-3H3. The molecule has 1 saturated heterocycles. The topological polar surface area (TPSA) is 40.5 Å². The van der Waals surface area contributed by atoms with E-state index in [-0.39, 0.29) is 11.8 Å². The Morgan fingerprint density at radius 3 is 2.63 bits per heavy atom. The molecule has 0 aliphatic carbocycles. The summed E-state index contributed by atoms with van der Waals surface area (Å²) in [5.41, 5.74) is 0.519. The van der Waals surface area contributed by atoms with E-state index in [9.17, 15) is 9.90 Å². The molecule has 1 heterocycles.